The zero-order valence-electron chi connectivity index (χ0n) is 6.30. The van der Waals surface area contributed by atoms with E-state index < -0.39 is 16.1 Å². The normalized spacial score (nSPS) is 11.3. The number of rotatable bonds is 2. The summed E-state index contributed by atoms with van der Waals surface area (Å²) < 4.78 is 10.5. The fourth-order valence-electron chi connectivity index (χ4n) is 0.688. The van der Waals surface area contributed by atoms with E-state index in [9.17, 15) is 9.18 Å². The summed E-state index contributed by atoms with van der Waals surface area (Å²) in [6, 6.07) is 2.28. The largest absolute Gasteiger partial charge is 0.367 e. The van der Waals surface area contributed by atoms with Gasteiger partial charge in [-0.1, -0.05) is 23.2 Å². The highest BCUT2D eigenvalue weighted by molar-refractivity contribution is 6.57. The minimum absolute atomic E-state index is 0.00438. The topological polar surface area (TPSA) is 56.0 Å². The molecule has 0 radical (unpaired) electrons. The lowest BCUT2D eigenvalue weighted by Gasteiger charge is -2.13. The van der Waals surface area contributed by atoms with Gasteiger partial charge in [-0.3, -0.25) is 9.78 Å². The van der Waals surface area contributed by atoms with Crippen LogP contribution in [0.4, 0.5) is 4.39 Å². The number of primary amides is 1. The van der Waals surface area contributed by atoms with E-state index >= 15 is 0 Å². The van der Waals surface area contributed by atoms with Crippen molar-refractivity contribution in [3.63, 3.8) is 0 Å². The molecule has 0 aliphatic carbocycles. The second-order valence-electron chi connectivity index (χ2n) is 2.30. The summed E-state index contributed by atoms with van der Waals surface area (Å²) in [5.41, 5.74) is 4.91. The molecule has 0 aromatic carbocycles. The molecule has 0 saturated heterocycles. The minimum atomic E-state index is -1.91. The standard InChI is InChI=1S/C7H5Cl2FN2O/c8-7(9,6(11)13)5-2-1-4(10)3-12-5/h1-3H,(H2,11,13). The maximum absolute atomic E-state index is 12.4. The Morgan fingerprint density at radius 2 is 2.15 bits per heavy atom. The van der Waals surface area contributed by atoms with Crippen LogP contribution in [0.3, 0.4) is 0 Å². The first-order valence-corrected chi connectivity index (χ1v) is 4.00. The quantitative estimate of drug-likeness (QED) is 0.769. The average Bonchev–Trinajstić information content (AvgIpc) is 2.04. The molecule has 70 valence electrons. The third-order valence-electron chi connectivity index (χ3n) is 1.36. The number of nitrogens with two attached hydrogens (primary N) is 1. The molecular weight excluding hydrogens is 218 g/mol. The Morgan fingerprint density at radius 1 is 1.54 bits per heavy atom. The number of pyridine rings is 1. The summed E-state index contributed by atoms with van der Waals surface area (Å²) in [6.07, 6.45) is 0.901. The monoisotopic (exact) mass is 222 g/mol. The van der Waals surface area contributed by atoms with E-state index in [0.29, 0.717) is 0 Å². The molecule has 6 heteroatoms. The summed E-state index contributed by atoms with van der Waals surface area (Å²) in [7, 11) is 0. The molecule has 0 bridgehead atoms. The van der Waals surface area contributed by atoms with Gasteiger partial charge in [0.2, 0.25) is 4.33 Å². The van der Waals surface area contributed by atoms with E-state index in [1.54, 1.807) is 0 Å². The van der Waals surface area contributed by atoms with Crippen molar-refractivity contribution in [2.75, 3.05) is 0 Å². The molecule has 13 heavy (non-hydrogen) atoms. The van der Waals surface area contributed by atoms with Crippen LogP contribution in [0.2, 0.25) is 0 Å². The van der Waals surface area contributed by atoms with Gasteiger partial charge in [0.15, 0.2) is 0 Å². The van der Waals surface area contributed by atoms with Crippen molar-refractivity contribution < 1.29 is 9.18 Å². The Bertz CT molecular complexity index is 326. The van der Waals surface area contributed by atoms with Crippen LogP contribution in [-0.2, 0) is 9.13 Å². The van der Waals surface area contributed by atoms with Crippen LogP contribution < -0.4 is 5.73 Å². The molecule has 0 fully saturated rings. The van der Waals surface area contributed by atoms with Crippen LogP contribution in [0, 0.1) is 5.82 Å². The molecule has 1 heterocycles. The molecule has 2 N–H and O–H groups in total. The van der Waals surface area contributed by atoms with E-state index in [2.05, 4.69) is 4.98 Å². The fraction of sp³-hybridized carbons (Fsp3) is 0.143. The van der Waals surface area contributed by atoms with Crippen LogP contribution in [0.5, 0.6) is 0 Å². The molecule has 0 atom stereocenters. The van der Waals surface area contributed by atoms with Crippen LogP contribution in [0.15, 0.2) is 18.3 Å². The van der Waals surface area contributed by atoms with Gasteiger partial charge in [0.05, 0.1) is 11.9 Å². The highest BCUT2D eigenvalue weighted by atomic mass is 35.5. The van der Waals surface area contributed by atoms with Gasteiger partial charge in [-0.2, -0.15) is 0 Å². The van der Waals surface area contributed by atoms with Gasteiger partial charge in [0, 0.05) is 0 Å². The average molecular weight is 223 g/mol. The molecule has 0 unspecified atom stereocenters. The summed E-state index contributed by atoms with van der Waals surface area (Å²) in [5, 5.41) is 0. The predicted octanol–water partition coefficient (Wildman–Crippen LogP) is 1.34. The number of hydrogen-bond donors (Lipinski definition) is 1. The van der Waals surface area contributed by atoms with E-state index in [4.69, 9.17) is 28.9 Å². The SMILES string of the molecule is NC(=O)C(Cl)(Cl)c1ccc(F)cn1. The zero-order valence-corrected chi connectivity index (χ0v) is 7.81. The van der Waals surface area contributed by atoms with Crippen molar-refractivity contribution in [1.29, 1.82) is 0 Å². The third-order valence-corrected chi connectivity index (χ3v) is 2.12. The van der Waals surface area contributed by atoms with Crippen LogP contribution >= 0.6 is 23.2 Å². The van der Waals surface area contributed by atoms with Gasteiger partial charge < -0.3 is 5.73 Å². The first-order chi connectivity index (χ1) is 5.94. The van der Waals surface area contributed by atoms with Crippen molar-refractivity contribution in [2.45, 2.75) is 4.33 Å². The van der Waals surface area contributed by atoms with Gasteiger partial charge in [0.25, 0.3) is 5.91 Å². The van der Waals surface area contributed by atoms with Gasteiger partial charge in [-0.15, -0.1) is 0 Å². The second kappa shape index (κ2) is 3.47. The maximum Gasteiger partial charge on any atom is 0.260 e. The molecular formula is C7H5Cl2FN2O. The highest BCUT2D eigenvalue weighted by Gasteiger charge is 2.35. The van der Waals surface area contributed by atoms with E-state index in [1.165, 1.54) is 6.07 Å². The number of halogens is 3. The summed E-state index contributed by atoms with van der Waals surface area (Å²) in [6.45, 7) is 0. The molecule has 0 aliphatic rings. The third kappa shape index (κ3) is 2.08. The van der Waals surface area contributed by atoms with Crippen LogP contribution in [0.1, 0.15) is 5.69 Å². The molecule has 1 rings (SSSR count). The molecule has 0 aliphatic heterocycles. The highest BCUT2D eigenvalue weighted by Crippen LogP contribution is 2.31. The summed E-state index contributed by atoms with van der Waals surface area (Å²) in [4.78, 5) is 14.3. The Hall–Kier alpha value is -0.870. The van der Waals surface area contributed by atoms with E-state index in [1.807, 2.05) is 0 Å². The van der Waals surface area contributed by atoms with Crippen molar-refractivity contribution >= 4 is 29.1 Å². The molecule has 1 aromatic rings. The van der Waals surface area contributed by atoms with Gasteiger partial charge in [0.1, 0.15) is 5.82 Å². The number of carbonyl (C=O) groups excluding carboxylic acids is 1. The van der Waals surface area contributed by atoms with Gasteiger partial charge >= 0.3 is 0 Å². The lowest BCUT2D eigenvalue weighted by molar-refractivity contribution is -0.118. The maximum atomic E-state index is 12.4. The predicted molar refractivity (Wildman–Crippen MR) is 46.8 cm³/mol. The van der Waals surface area contributed by atoms with Crippen molar-refractivity contribution in [3.05, 3.63) is 29.8 Å². The number of carbonyl (C=O) groups is 1. The smallest absolute Gasteiger partial charge is 0.260 e. The zero-order chi connectivity index (χ0) is 10.1. The number of aromatic nitrogens is 1. The van der Waals surface area contributed by atoms with Gasteiger partial charge in [-0.25, -0.2) is 4.39 Å². The number of alkyl halides is 2. The van der Waals surface area contributed by atoms with Crippen molar-refractivity contribution in [2.24, 2.45) is 5.73 Å². The first-order valence-electron chi connectivity index (χ1n) is 3.24. The second-order valence-corrected chi connectivity index (χ2v) is 3.63. The minimum Gasteiger partial charge on any atom is -0.367 e. The number of hydrogen-bond acceptors (Lipinski definition) is 2. The Labute approximate surface area is 83.7 Å². The first kappa shape index (κ1) is 10.2. The summed E-state index contributed by atoms with van der Waals surface area (Å²) in [5.74, 6) is -1.49. The molecule has 3 nitrogen and oxygen atoms in total. The van der Waals surface area contributed by atoms with Crippen LogP contribution in [-0.4, -0.2) is 10.9 Å². The molecule has 1 amide bonds. The van der Waals surface area contributed by atoms with E-state index in [0.717, 1.165) is 12.3 Å². The number of amides is 1. The number of nitrogens with zero attached hydrogens (tertiary/aromatic N) is 1. The van der Waals surface area contributed by atoms with E-state index in [-0.39, 0.29) is 5.69 Å². The molecule has 0 spiro atoms. The Morgan fingerprint density at radius 3 is 2.54 bits per heavy atom. The van der Waals surface area contributed by atoms with Gasteiger partial charge in [-0.05, 0) is 12.1 Å². The lowest BCUT2D eigenvalue weighted by Crippen LogP contribution is -2.31. The Balaban J connectivity index is 3.08. The van der Waals surface area contributed by atoms with Crippen molar-refractivity contribution in [3.8, 4) is 0 Å². The Kier molecular flexibility index (Phi) is 2.73. The summed E-state index contributed by atoms with van der Waals surface area (Å²) >= 11 is 11.1. The molecule has 0 saturated carbocycles. The lowest BCUT2D eigenvalue weighted by atomic mass is 10.2. The van der Waals surface area contributed by atoms with Crippen molar-refractivity contribution in [1.82, 2.24) is 4.98 Å². The molecule has 1 aromatic heterocycles. The van der Waals surface area contributed by atoms with Crippen LogP contribution in [0.25, 0.3) is 0 Å². The fourth-order valence-corrected chi connectivity index (χ4v) is 0.911.